The number of carbonyl (C=O) groups excluding carboxylic acids is 2. The number of rotatable bonds is 5. The summed E-state index contributed by atoms with van der Waals surface area (Å²) in [7, 11) is 0. The maximum atomic E-state index is 12.6. The van der Waals surface area contributed by atoms with Gasteiger partial charge in [0.05, 0.1) is 5.25 Å². The van der Waals surface area contributed by atoms with Crippen molar-refractivity contribution in [2.75, 3.05) is 5.32 Å². The third-order valence-corrected chi connectivity index (χ3v) is 6.51. The Labute approximate surface area is 166 Å². The number of nitrogens with zero attached hydrogens (tertiary/aromatic N) is 2. The zero-order valence-electron chi connectivity index (χ0n) is 15.9. The minimum absolute atomic E-state index is 0.00127. The van der Waals surface area contributed by atoms with Crippen molar-refractivity contribution in [3.63, 3.8) is 0 Å². The molecule has 7 heteroatoms. The number of thiophene rings is 1. The number of Topliss-reactive ketones (excluding diaryl/α,β-unsaturated/α-hetero) is 1. The van der Waals surface area contributed by atoms with Gasteiger partial charge in [-0.2, -0.15) is 0 Å². The Kier molecular flexibility index (Phi) is 5.62. The lowest BCUT2D eigenvalue weighted by molar-refractivity contribution is -0.115. The Bertz CT molecular complexity index is 1030. The van der Waals surface area contributed by atoms with Crippen molar-refractivity contribution in [3.8, 4) is 0 Å². The number of thioether (sulfide) groups is 1. The Balaban J connectivity index is 1.78. The first-order chi connectivity index (χ1) is 12.8. The number of anilines is 1. The van der Waals surface area contributed by atoms with Crippen molar-refractivity contribution in [1.29, 1.82) is 0 Å². The molecule has 0 aliphatic rings. The van der Waals surface area contributed by atoms with Gasteiger partial charge in [-0.15, -0.1) is 11.3 Å². The summed E-state index contributed by atoms with van der Waals surface area (Å²) in [6.07, 6.45) is 0. The first-order valence-electron chi connectivity index (χ1n) is 8.59. The molecule has 0 fully saturated rings. The van der Waals surface area contributed by atoms with E-state index in [1.807, 2.05) is 13.8 Å². The largest absolute Gasteiger partial charge is 0.325 e. The second-order valence-corrected chi connectivity index (χ2v) is 8.95. The third-order valence-electron chi connectivity index (χ3n) is 4.32. The number of hydrogen-bond acceptors (Lipinski definition) is 6. The Morgan fingerprint density at radius 3 is 2.41 bits per heavy atom. The van der Waals surface area contributed by atoms with Gasteiger partial charge in [-0.25, -0.2) is 9.97 Å². The maximum Gasteiger partial charge on any atom is 0.237 e. The van der Waals surface area contributed by atoms with E-state index >= 15 is 0 Å². The summed E-state index contributed by atoms with van der Waals surface area (Å²) in [4.78, 5) is 35.2. The average Bonchev–Trinajstić information content (AvgIpc) is 2.89. The molecular weight excluding hydrogens is 378 g/mol. The van der Waals surface area contributed by atoms with Crippen molar-refractivity contribution in [3.05, 3.63) is 46.1 Å². The van der Waals surface area contributed by atoms with Gasteiger partial charge in [0.1, 0.15) is 15.7 Å². The fourth-order valence-electron chi connectivity index (χ4n) is 2.65. The number of benzene rings is 1. The predicted octanol–water partition coefficient (Wildman–Crippen LogP) is 4.94. The van der Waals surface area contributed by atoms with Gasteiger partial charge in [-0.1, -0.05) is 11.8 Å². The molecule has 1 amide bonds. The van der Waals surface area contributed by atoms with Crippen LogP contribution in [0.5, 0.6) is 0 Å². The molecule has 3 aromatic rings. The van der Waals surface area contributed by atoms with Gasteiger partial charge in [0.15, 0.2) is 5.78 Å². The van der Waals surface area contributed by atoms with Crippen LogP contribution in [0.3, 0.4) is 0 Å². The van der Waals surface area contributed by atoms with Crippen LogP contribution in [0, 0.1) is 20.8 Å². The molecule has 5 nitrogen and oxygen atoms in total. The van der Waals surface area contributed by atoms with Crippen molar-refractivity contribution < 1.29 is 9.59 Å². The molecule has 0 bridgehead atoms. The van der Waals surface area contributed by atoms with Crippen molar-refractivity contribution in [2.24, 2.45) is 0 Å². The summed E-state index contributed by atoms with van der Waals surface area (Å²) in [5.74, 6) is 0.602. The van der Waals surface area contributed by atoms with Gasteiger partial charge in [0.25, 0.3) is 0 Å². The molecule has 0 saturated carbocycles. The molecule has 0 unspecified atom stereocenters. The van der Waals surface area contributed by atoms with E-state index in [-0.39, 0.29) is 16.9 Å². The smallest absolute Gasteiger partial charge is 0.237 e. The zero-order chi connectivity index (χ0) is 19.7. The van der Waals surface area contributed by atoms with Crippen LogP contribution < -0.4 is 5.32 Å². The van der Waals surface area contributed by atoms with Crippen molar-refractivity contribution >= 4 is 50.7 Å². The summed E-state index contributed by atoms with van der Waals surface area (Å²) in [6.45, 7) is 9.40. The van der Waals surface area contributed by atoms with E-state index in [4.69, 9.17) is 0 Å². The SMILES string of the molecule is CC(=O)c1ccc(NC(=O)[C@@H](C)Sc2nc(C)nc3sc(C)c(C)c23)cc1. The number of aryl methyl sites for hydroxylation is 3. The third kappa shape index (κ3) is 4.20. The second kappa shape index (κ2) is 7.78. The number of hydrogen-bond donors (Lipinski definition) is 1. The molecule has 27 heavy (non-hydrogen) atoms. The van der Waals surface area contributed by atoms with E-state index < -0.39 is 0 Å². The molecule has 1 aromatic carbocycles. The van der Waals surface area contributed by atoms with Gasteiger partial charge in [-0.05, 0) is 64.4 Å². The normalized spacial score (nSPS) is 12.2. The minimum Gasteiger partial charge on any atom is -0.325 e. The minimum atomic E-state index is -0.324. The van der Waals surface area contributed by atoms with Gasteiger partial charge >= 0.3 is 0 Å². The van der Waals surface area contributed by atoms with Crippen molar-refractivity contribution in [2.45, 2.75) is 44.9 Å². The van der Waals surface area contributed by atoms with Gasteiger partial charge in [0, 0.05) is 21.5 Å². The molecule has 1 N–H and O–H groups in total. The topological polar surface area (TPSA) is 72.0 Å². The molecule has 0 aliphatic heterocycles. The Hall–Kier alpha value is -2.25. The first-order valence-corrected chi connectivity index (χ1v) is 10.3. The number of carbonyl (C=O) groups is 2. The van der Waals surface area contributed by atoms with E-state index in [0.29, 0.717) is 17.1 Å². The lowest BCUT2D eigenvalue weighted by Crippen LogP contribution is -2.22. The van der Waals surface area contributed by atoms with Crippen LogP contribution in [0.2, 0.25) is 0 Å². The highest BCUT2D eigenvalue weighted by Crippen LogP contribution is 2.36. The van der Waals surface area contributed by atoms with E-state index in [0.717, 1.165) is 15.2 Å². The number of fused-ring (bicyclic) bond motifs is 1. The van der Waals surface area contributed by atoms with Crippen LogP contribution >= 0.6 is 23.1 Å². The lowest BCUT2D eigenvalue weighted by Gasteiger charge is -2.13. The number of ketones is 1. The van der Waals surface area contributed by atoms with Crippen LogP contribution in [0.25, 0.3) is 10.2 Å². The number of amides is 1. The lowest BCUT2D eigenvalue weighted by atomic mass is 10.1. The molecule has 0 aliphatic carbocycles. The zero-order valence-corrected chi connectivity index (χ0v) is 17.5. The summed E-state index contributed by atoms with van der Waals surface area (Å²) in [5, 5.41) is 4.46. The maximum absolute atomic E-state index is 12.6. The second-order valence-electron chi connectivity index (χ2n) is 6.42. The highest BCUT2D eigenvalue weighted by Gasteiger charge is 2.20. The highest BCUT2D eigenvalue weighted by atomic mass is 32.2. The van der Waals surface area contributed by atoms with Crippen LogP contribution in [0.15, 0.2) is 29.3 Å². The van der Waals surface area contributed by atoms with E-state index in [2.05, 4.69) is 29.1 Å². The van der Waals surface area contributed by atoms with Crippen LogP contribution in [0.1, 0.15) is 40.5 Å². The monoisotopic (exact) mass is 399 g/mol. The fraction of sp³-hybridized carbons (Fsp3) is 0.300. The van der Waals surface area contributed by atoms with Crippen LogP contribution in [0.4, 0.5) is 5.69 Å². The molecule has 3 rings (SSSR count). The summed E-state index contributed by atoms with van der Waals surface area (Å²) >= 11 is 3.10. The Morgan fingerprint density at radius 2 is 1.78 bits per heavy atom. The first kappa shape index (κ1) is 19.5. The van der Waals surface area contributed by atoms with Gasteiger partial charge in [-0.3, -0.25) is 9.59 Å². The van der Waals surface area contributed by atoms with Crippen LogP contribution in [-0.4, -0.2) is 26.9 Å². The van der Waals surface area contributed by atoms with Crippen LogP contribution in [-0.2, 0) is 4.79 Å². The standard InChI is InChI=1S/C20H21N3O2S2/c1-10-12(3)26-19-17(10)20(22-14(5)21-19)27-13(4)18(25)23-16-8-6-15(7-9-16)11(2)24/h6-9,13H,1-5H3,(H,23,25)/t13-/m1/s1. The summed E-state index contributed by atoms with van der Waals surface area (Å²) < 4.78 is 0. The average molecular weight is 400 g/mol. The molecule has 0 saturated heterocycles. The number of aromatic nitrogens is 2. The summed E-state index contributed by atoms with van der Waals surface area (Å²) in [5.41, 5.74) is 2.46. The van der Waals surface area contributed by atoms with E-state index in [1.165, 1.54) is 29.1 Å². The highest BCUT2D eigenvalue weighted by molar-refractivity contribution is 8.00. The molecule has 1 atom stereocenters. The quantitative estimate of drug-likeness (QED) is 0.374. The molecular formula is C20H21N3O2S2. The van der Waals surface area contributed by atoms with E-state index in [1.54, 1.807) is 35.6 Å². The van der Waals surface area contributed by atoms with Crippen molar-refractivity contribution in [1.82, 2.24) is 9.97 Å². The van der Waals surface area contributed by atoms with Gasteiger partial charge in [0.2, 0.25) is 5.91 Å². The molecule has 2 heterocycles. The fourth-order valence-corrected chi connectivity index (χ4v) is 4.85. The molecule has 140 valence electrons. The predicted molar refractivity (Wildman–Crippen MR) is 112 cm³/mol. The number of nitrogens with one attached hydrogen (secondary N) is 1. The molecule has 0 radical (unpaired) electrons. The summed E-state index contributed by atoms with van der Waals surface area (Å²) in [6, 6.07) is 6.91. The Morgan fingerprint density at radius 1 is 1.11 bits per heavy atom. The van der Waals surface area contributed by atoms with E-state index in [9.17, 15) is 9.59 Å². The molecule has 0 spiro atoms. The molecule has 2 aromatic heterocycles. The van der Waals surface area contributed by atoms with Gasteiger partial charge < -0.3 is 5.32 Å².